The zero-order valence-corrected chi connectivity index (χ0v) is 11.0. The van der Waals surface area contributed by atoms with Gasteiger partial charge < -0.3 is 4.42 Å². The van der Waals surface area contributed by atoms with Crippen molar-refractivity contribution in [3.63, 3.8) is 0 Å². The Morgan fingerprint density at radius 1 is 0.950 bits per heavy atom. The number of furan rings is 1. The molecule has 4 rings (SSSR count). The topological polar surface area (TPSA) is 38.9 Å². The summed E-state index contributed by atoms with van der Waals surface area (Å²) < 4.78 is 5.97. The van der Waals surface area contributed by atoms with E-state index in [9.17, 15) is 0 Å². The highest BCUT2D eigenvalue weighted by Gasteiger charge is 2.12. The van der Waals surface area contributed by atoms with Crippen LogP contribution < -0.4 is 0 Å². The second-order valence-electron chi connectivity index (χ2n) is 4.88. The van der Waals surface area contributed by atoms with Crippen LogP contribution in [-0.4, -0.2) is 9.97 Å². The maximum atomic E-state index is 5.97. The van der Waals surface area contributed by atoms with Crippen molar-refractivity contribution in [1.29, 1.82) is 0 Å². The van der Waals surface area contributed by atoms with Gasteiger partial charge in [-0.05, 0) is 30.7 Å². The molecule has 1 aromatic carbocycles. The van der Waals surface area contributed by atoms with Crippen molar-refractivity contribution in [1.82, 2.24) is 9.97 Å². The maximum Gasteiger partial charge on any atom is 0.153 e. The first-order chi connectivity index (χ1) is 9.83. The van der Waals surface area contributed by atoms with E-state index in [2.05, 4.69) is 22.1 Å². The van der Waals surface area contributed by atoms with Crippen LogP contribution in [0, 0.1) is 6.92 Å². The summed E-state index contributed by atoms with van der Waals surface area (Å²) in [5, 5.41) is 2.19. The van der Waals surface area contributed by atoms with Gasteiger partial charge in [0, 0.05) is 28.7 Å². The molecule has 3 heterocycles. The molecule has 0 aliphatic carbocycles. The van der Waals surface area contributed by atoms with Gasteiger partial charge in [-0.1, -0.05) is 18.2 Å². The summed E-state index contributed by atoms with van der Waals surface area (Å²) >= 11 is 0. The minimum Gasteiger partial charge on any atom is -0.454 e. The van der Waals surface area contributed by atoms with Gasteiger partial charge in [0.2, 0.25) is 0 Å². The molecule has 0 aliphatic heterocycles. The molecule has 0 atom stereocenters. The fourth-order valence-electron chi connectivity index (χ4n) is 2.48. The van der Waals surface area contributed by atoms with E-state index >= 15 is 0 Å². The zero-order valence-electron chi connectivity index (χ0n) is 11.0. The highest BCUT2D eigenvalue weighted by atomic mass is 16.3. The van der Waals surface area contributed by atoms with E-state index in [1.807, 2.05) is 37.4 Å². The van der Waals surface area contributed by atoms with E-state index in [0.717, 1.165) is 38.8 Å². The van der Waals surface area contributed by atoms with Crippen LogP contribution in [0.3, 0.4) is 0 Å². The molecular formula is C17H12N2O. The molecule has 3 nitrogen and oxygen atoms in total. The number of pyridine rings is 2. The predicted molar refractivity (Wildman–Crippen MR) is 79.5 cm³/mol. The van der Waals surface area contributed by atoms with Gasteiger partial charge in [-0.25, -0.2) is 0 Å². The van der Waals surface area contributed by atoms with Gasteiger partial charge >= 0.3 is 0 Å². The van der Waals surface area contributed by atoms with E-state index in [0.29, 0.717) is 0 Å². The summed E-state index contributed by atoms with van der Waals surface area (Å²) in [5.74, 6) is 0. The van der Waals surface area contributed by atoms with Crippen molar-refractivity contribution in [3.05, 3.63) is 60.6 Å². The second-order valence-corrected chi connectivity index (χ2v) is 4.88. The minimum absolute atomic E-state index is 0.807. The number of aryl methyl sites for hydroxylation is 1. The quantitative estimate of drug-likeness (QED) is 0.510. The van der Waals surface area contributed by atoms with Gasteiger partial charge in [0.25, 0.3) is 0 Å². The highest BCUT2D eigenvalue weighted by Crippen LogP contribution is 2.34. The third-order valence-electron chi connectivity index (χ3n) is 3.49. The van der Waals surface area contributed by atoms with Gasteiger partial charge in [-0.15, -0.1) is 0 Å². The number of rotatable bonds is 1. The Hall–Kier alpha value is -2.68. The lowest BCUT2D eigenvalue weighted by Crippen LogP contribution is -1.84. The first-order valence-electron chi connectivity index (χ1n) is 6.51. The van der Waals surface area contributed by atoms with Crippen molar-refractivity contribution in [2.75, 3.05) is 0 Å². The van der Waals surface area contributed by atoms with Crippen LogP contribution in [0.15, 0.2) is 59.4 Å². The summed E-state index contributed by atoms with van der Waals surface area (Å²) in [5.41, 5.74) is 4.76. The standard InChI is InChI=1S/C17H12N2O/c1-11-5-6-15(19-9-11)14-4-2-3-13-12-7-8-18-10-16(12)20-17(13)14/h2-10H,1H3. The Labute approximate surface area is 115 Å². The lowest BCUT2D eigenvalue weighted by molar-refractivity contribution is 0.667. The molecule has 0 N–H and O–H groups in total. The molecule has 20 heavy (non-hydrogen) atoms. The molecule has 0 unspecified atom stereocenters. The molecule has 0 radical (unpaired) electrons. The fourth-order valence-corrected chi connectivity index (χ4v) is 2.48. The summed E-state index contributed by atoms with van der Waals surface area (Å²) in [6.07, 6.45) is 5.41. The number of fused-ring (bicyclic) bond motifs is 3. The number of nitrogens with zero attached hydrogens (tertiary/aromatic N) is 2. The van der Waals surface area contributed by atoms with E-state index in [4.69, 9.17) is 4.42 Å². The van der Waals surface area contributed by atoms with Gasteiger partial charge in [0.05, 0.1) is 11.9 Å². The van der Waals surface area contributed by atoms with E-state index in [1.165, 1.54) is 0 Å². The average Bonchev–Trinajstić information content (AvgIpc) is 2.87. The molecule has 0 saturated heterocycles. The molecule has 0 bridgehead atoms. The summed E-state index contributed by atoms with van der Waals surface area (Å²) in [6, 6.07) is 12.2. The lowest BCUT2D eigenvalue weighted by atomic mass is 10.1. The normalized spacial score (nSPS) is 11.2. The molecule has 96 valence electrons. The van der Waals surface area contributed by atoms with Crippen LogP contribution in [0.2, 0.25) is 0 Å². The number of para-hydroxylation sites is 1. The van der Waals surface area contributed by atoms with Crippen LogP contribution in [0.1, 0.15) is 5.56 Å². The van der Waals surface area contributed by atoms with Crippen molar-refractivity contribution in [2.45, 2.75) is 6.92 Å². The largest absolute Gasteiger partial charge is 0.454 e. The third-order valence-corrected chi connectivity index (χ3v) is 3.49. The number of aromatic nitrogens is 2. The van der Waals surface area contributed by atoms with Crippen LogP contribution in [0.25, 0.3) is 33.2 Å². The summed E-state index contributed by atoms with van der Waals surface area (Å²) in [4.78, 5) is 8.61. The fraction of sp³-hybridized carbons (Fsp3) is 0.0588. The first kappa shape index (κ1) is 11.2. The minimum atomic E-state index is 0.807. The Morgan fingerprint density at radius 2 is 1.90 bits per heavy atom. The number of hydrogen-bond donors (Lipinski definition) is 0. The molecule has 0 spiro atoms. The van der Waals surface area contributed by atoms with Crippen LogP contribution in [-0.2, 0) is 0 Å². The molecule has 0 saturated carbocycles. The monoisotopic (exact) mass is 260 g/mol. The Morgan fingerprint density at radius 3 is 2.75 bits per heavy atom. The maximum absolute atomic E-state index is 5.97. The smallest absolute Gasteiger partial charge is 0.153 e. The van der Waals surface area contributed by atoms with Crippen molar-refractivity contribution in [2.24, 2.45) is 0 Å². The van der Waals surface area contributed by atoms with Crippen molar-refractivity contribution >= 4 is 21.9 Å². The number of benzene rings is 1. The molecule has 0 aliphatic rings. The van der Waals surface area contributed by atoms with E-state index in [1.54, 1.807) is 12.4 Å². The number of hydrogen-bond acceptors (Lipinski definition) is 3. The van der Waals surface area contributed by atoms with Gasteiger partial charge in [-0.3, -0.25) is 9.97 Å². The Kier molecular flexibility index (Phi) is 2.33. The van der Waals surface area contributed by atoms with E-state index in [-0.39, 0.29) is 0 Å². The van der Waals surface area contributed by atoms with Crippen molar-refractivity contribution < 1.29 is 4.42 Å². The second kappa shape index (κ2) is 4.17. The lowest BCUT2D eigenvalue weighted by Gasteiger charge is -2.02. The molecule has 0 fully saturated rings. The van der Waals surface area contributed by atoms with Crippen molar-refractivity contribution in [3.8, 4) is 11.3 Å². The van der Waals surface area contributed by atoms with Crippen LogP contribution >= 0.6 is 0 Å². The summed E-state index contributed by atoms with van der Waals surface area (Å²) in [6.45, 7) is 2.03. The van der Waals surface area contributed by atoms with Crippen LogP contribution in [0.4, 0.5) is 0 Å². The SMILES string of the molecule is Cc1ccc(-c2cccc3c2oc2cnccc23)nc1. The third kappa shape index (κ3) is 1.60. The molecule has 3 heteroatoms. The highest BCUT2D eigenvalue weighted by molar-refractivity contribution is 6.08. The van der Waals surface area contributed by atoms with Crippen LogP contribution in [0.5, 0.6) is 0 Å². The van der Waals surface area contributed by atoms with Gasteiger partial charge in [-0.2, -0.15) is 0 Å². The molecule has 4 aromatic rings. The Balaban J connectivity index is 2.07. The molecule has 3 aromatic heterocycles. The first-order valence-corrected chi connectivity index (χ1v) is 6.51. The zero-order chi connectivity index (χ0) is 13.5. The molecule has 0 amide bonds. The van der Waals surface area contributed by atoms with Gasteiger partial charge in [0.15, 0.2) is 5.58 Å². The van der Waals surface area contributed by atoms with E-state index < -0.39 is 0 Å². The predicted octanol–water partition coefficient (Wildman–Crippen LogP) is 4.35. The average molecular weight is 260 g/mol. The summed E-state index contributed by atoms with van der Waals surface area (Å²) in [7, 11) is 0. The molecular weight excluding hydrogens is 248 g/mol. The Bertz CT molecular complexity index is 907. The van der Waals surface area contributed by atoms with Gasteiger partial charge in [0.1, 0.15) is 5.58 Å².